The van der Waals surface area contributed by atoms with Gasteiger partial charge in [-0.1, -0.05) is 24.3 Å². The molecule has 1 amide bonds. The molecule has 1 N–H and O–H groups in total. The van der Waals surface area contributed by atoms with E-state index in [0.29, 0.717) is 5.56 Å². The monoisotopic (exact) mass is 459 g/mol. The predicted molar refractivity (Wildman–Crippen MR) is 110 cm³/mol. The number of carbonyl (C=O) groups excluding carboxylic acids is 1. The third-order valence-electron chi connectivity index (χ3n) is 4.57. The molecule has 0 spiro atoms. The minimum Gasteiger partial charge on any atom is -0.471 e. The van der Waals surface area contributed by atoms with Crippen molar-refractivity contribution in [2.45, 2.75) is 19.5 Å². The maximum absolute atomic E-state index is 13.8. The topological polar surface area (TPSA) is 74.0 Å². The average molecular weight is 459 g/mol. The zero-order valence-corrected chi connectivity index (χ0v) is 17.0. The number of nitrogens with zero attached hydrogens (tertiary/aromatic N) is 4. The van der Waals surface area contributed by atoms with Crippen LogP contribution in [0.25, 0.3) is 0 Å². The first-order valence-electron chi connectivity index (χ1n) is 9.70. The molecule has 4 aromatic rings. The van der Waals surface area contributed by atoms with Crippen LogP contribution >= 0.6 is 0 Å². The van der Waals surface area contributed by atoms with Gasteiger partial charge in [-0.05, 0) is 30.3 Å². The lowest BCUT2D eigenvalue weighted by atomic mass is 10.2. The Morgan fingerprint density at radius 1 is 0.970 bits per heavy atom. The summed E-state index contributed by atoms with van der Waals surface area (Å²) in [6, 6.07) is 13.8. The van der Waals surface area contributed by atoms with Crippen LogP contribution < -0.4 is 10.1 Å². The number of alkyl halides is 3. The van der Waals surface area contributed by atoms with Crippen LogP contribution in [0.1, 0.15) is 21.6 Å². The molecular weight excluding hydrogens is 442 g/mol. The number of aromatic nitrogens is 4. The Morgan fingerprint density at radius 3 is 2.55 bits per heavy atom. The van der Waals surface area contributed by atoms with E-state index in [1.165, 1.54) is 39.8 Å². The van der Waals surface area contributed by atoms with Gasteiger partial charge < -0.3 is 10.1 Å². The number of benzene rings is 2. The van der Waals surface area contributed by atoms with Gasteiger partial charge in [-0.25, -0.2) is 9.07 Å². The fourth-order valence-electron chi connectivity index (χ4n) is 2.96. The molecule has 170 valence electrons. The summed E-state index contributed by atoms with van der Waals surface area (Å²) in [7, 11) is 0. The highest BCUT2D eigenvalue weighted by molar-refractivity contribution is 6.02. The van der Waals surface area contributed by atoms with Crippen molar-refractivity contribution in [2.75, 3.05) is 5.32 Å². The van der Waals surface area contributed by atoms with Gasteiger partial charge in [0.25, 0.3) is 5.91 Å². The summed E-state index contributed by atoms with van der Waals surface area (Å²) in [5, 5.41) is 10.8. The minimum absolute atomic E-state index is 0.0201. The fraction of sp³-hybridized carbons (Fsp3) is 0.136. The second kappa shape index (κ2) is 9.15. The molecule has 0 unspecified atom stereocenters. The Kier molecular flexibility index (Phi) is 6.11. The number of carbonyl (C=O) groups is 1. The van der Waals surface area contributed by atoms with Gasteiger partial charge in [-0.15, -0.1) is 0 Å². The van der Waals surface area contributed by atoms with Gasteiger partial charge in [0.1, 0.15) is 11.6 Å². The van der Waals surface area contributed by atoms with Crippen LogP contribution in [0.3, 0.4) is 0 Å². The van der Waals surface area contributed by atoms with Crippen molar-refractivity contribution >= 4 is 11.7 Å². The molecule has 0 aliphatic heterocycles. The highest BCUT2D eigenvalue weighted by Gasteiger charge is 2.30. The normalized spacial score (nSPS) is 11.4. The second-order valence-corrected chi connectivity index (χ2v) is 6.98. The van der Waals surface area contributed by atoms with Gasteiger partial charge in [0.2, 0.25) is 0 Å². The average Bonchev–Trinajstić information content (AvgIpc) is 3.43. The first-order chi connectivity index (χ1) is 15.8. The first-order valence-corrected chi connectivity index (χ1v) is 9.70. The van der Waals surface area contributed by atoms with Crippen LogP contribution in [0.5, 0.6) is 5.75 Å². The van der Waals surface area contributed by atoms with E-state index in [-0.39, 0.29) is 36.4 Å². The highest BCUT2D eigenvalue weighted by Crippen LogP contribution is 2.31. The smallest absolute Gasteiger partial charge is 0.416 e. The molecule has 11 heteroatoms. The van der Waals surface area contributed by atoms with E-state index < -0.39 is 17.6 Å². The molecule has 2 aromatic heterocycles. The lowest BCUT2D eigenvalue weighted by molar-refractivity contribution is -0.137. The number of nitrogens with one attached hydrogen (secondary N) is 1. The third-order valence-corrected chi connectivity index (χ3v) is 4.57. The standard InChI is InChI=1S/C22H17F4N5O2/c23-18-7-2-1-4-15(18)13-30-11-9-20(29-30)27-21(32)19-8-10-31(28-19)14-33-17-6-3-5-16(12-17)22(24,25)26/h1-12H,13-14H2,(H,27,29,32). The number of ether oxygens (including phenoxy) is 1. The molecular formula is C22H17F4N5O2. The van der Waals surface area contributed by atoms with Crippen LogP contribution in [0.4, 0.5) is 23.4 Å². The minimum atomic E-state index is -4.47. The maximum Gasteiger partial charge on any atom is 0.416 e. The van der Waals surface area contributed by atoms with E-state index in [9.17, 15) is 22.4 Å². The second-order valence-electron chi connectivity index (χ2n) is 6.98. The molecule has 0 radical (unpaired) electrons. The SMILES string of the molecule is O=C(Nc1ccn(Cc2ccccc2F)n1)c1ccn(COc2cccc(C(F)(F)F)c2)n1. The van der Waals surface area contributed by atoms with Crippen molar-refractivity contribution < 1.29 is 27.1 Å². The Labute approximate surface area is 185 Å². The number of anilines is 1. The quantitative estimate of drug-likeness (QED) is 0.411. The molecule has 0 fully saturated rings. The third kappa shape index (κ3) is 5.56. The number of rotatable bonds is 7. The van der Waals surface area contributed by atoms with Crippen molar-refractivity contribution in [3.8, 4) is 5.75 Å². The molecule has 7 nitrogen and oxygen atoms in total. The van der Waals surface area contributed by atoms with E-state index in [0.717, 1.165) is 12.1 Å². The lowest BCUT2D eigenvalue weighted by Crippen LogP contribution is -2.15. The van der Waals surface area contributed by atoms with Crippen molar-refractivity contribution in [2.24, 2.45) is 0 Å². The highest BCUT2D eigenvalue weighted by atomic mass is 19.4. The maximum atomic E-state index is 13.8. The molecule has 2 aromatic carbocycles. The summed E-state index contributed by atoms with van der Waals surface area (Å²) >= 11 is 0. The van der Waals surface area contributed by atoms with Crippen molar-refractivity contribution in [1.29, 1.82) is 0 Å². The summed E-state index contributed by atoms with van der Waals surface area (Å²) < 4.78 is 60.2. The summed E-state index contributed by atoms with van der Waals surface area (Å²) in [5.41, 5.74) is -0.306. The lowest BCUT2D eigenvalue weighted by Gasteiger charge is -2.10. The van der Waals surface area contributed by atoms with Crippen molar-refractivity contribution in [1.82, 2.24) is 19.6 Å². The molecule has 0 saturated heterocycles. The fourth-order valence-corrected chi connectivity index (χ4v) is 2.96. The summed E-state index contributed by atoms with van der Waals surface area (Å²) in [6.07, 6.45) is -1.42. The van der Waals surface area contributed by atoms with E-state index in [2.05, 4.69) is 15.5 Å². The van der Waals surface area contributed by atoms with Gasteiger partial charge in [0, 0.05) is 24.0 Å². The molecule has 0 aliphatic carbocycles. The van der Waals surface area contributed by atoms with E-state index in [4.69, 9.17) is 4.74 Å². The van der Waals surface area contributed by atoms with Gasteiger partial charge in [0.15, 0.2) is 18.2 Å². The molecule has 33 heavy (non-hydrogen) atoms. The number of halogens is 4. The van der Waals surface area contributed by atoms with Crippen molar-refractivity contribution in [3.63, 3.8) is 0 Å². The summed E-state index contributed by atoms with van der Waals surface area (Å²) in [5.74, 6) is -0.613. The largest absolute Gasteiger partial charge is 0.471 e. The van der Waals surface area contributed by atoms with Crippen LogP contribution in [0.2, 0.25) is 0 Å². The van der Waals surface area contributed by atoms with Gasteiger partial charge in [-0.2, -0.15) is 23.4 Å². The summed E-state index contributed by atoms with van der Waals surface area (Å²) in [6.45, 7) is 0.00983. The zero-order valence-electron chi connectivity index (χ0n) is 17.0. The molecule has 2 heterocycles. The van der Waals surface area contributed by atoms with E-state index >= 15 is 0 Å². The van der Waals surface area contributed by atoms with Gasteiger partial charge in [0.05, 0.1) is 12.1 Å². The zero-order chi connectivity index (χ0) is 23.4. The molecule has 0 atom stereocenters. The van der Waals surface area contributed by atoms with Crippen LogP contribution in [0, 0.1) is 5.82 Å². The molecule has 0 saturated carbocycles. The first kappa shape index (κ1) is 22.1. The summed E-state index contributed by atoms with van der Waals surface area (Å²) in [4.78, 5) is 12.4. The molecule has 4 rings (SSSR count). The van der Waals surface area contributed by atoms with E-state index in [1.807, 2.05) is 0 Å². The number of hydrogen-bond donors (Lipinski definition) is 1. The Balaban J connectivity index is 1.34. The van der Waals surface area contributed by atoms with Crippen LogP contribution in [-0.4, -0.2) is 25.5 Å². The van der Waals surface area contributed by atoms with Crippen molar-refractivity contribution in [3.05, 3.63) is 95.7 Å². The van der Waals surface area contributed by atoms with Crippen LogP contribution in [0.15, 0.2) is 73.1 Å². The molecule has 0 bridgehead atoms. The van der Waals surface area contributed by atoms with Crippen LogP contribution in [-0.2, 0) is 19.5 Å². The Morgan fingerprint density at radius 2 is 1.76 bits per heavy atom. The predicted octanol–water partition coefficient (Wildman–Crippen LogP) is 4.57. The van der Waals surface area contributed by atoms with E-state index in [1.54, 1.807) is 30.5 Å². The number of amides is 1. The van der Waals surface area contributed by atoms with Gasteiger partial charge in [-0.3, -0.25) is 9.48 Å². The number of hydrogen-bond acceptors (Lipinski definition) is 4. The molecule has 0 aliphatic rings. The Bertz CT molecular complexity index is 1270. The Hall–Kier alpha value is -4.15. The van der Waals surface area contributed by atoms with Gasteiger partial charge >= 0.3 is 6.18 Å².